The Bertz CT molecular complexity index is 1060. The maximum atomic E-state index is 13.0. The van der Waals surface area contributed by atoms with Crippen molar-refractivity contribution in [3.05, 3.63) is 62.3 Å². The van der Waals surface area contributed by atoms with E-state index in [-0.39, 0.29) is 17.6 Å². The molecule has 0 amide bonds. The zero-order valence-electron chi connectivity index (χ0n) is 16.5. The summed E-state index contributed by atoms with van der Waals surface area (Å²) < 4.78 is 17.7. The normalized spacial score (nSPS) is 22.0. The summed E-state index contributed by atoms with van der Waals surface area (Å²) in [6, 6.07) is 7.03. The highest BCUT2D eigenvalue weighted by Gasteiger charge is 2.34. The van der Waals surface area contributed by atoms with Crippen molar-refractivity contribution in [1.82, 2.24) is 4.90 Å². The molecule has 0 N–H and O–H groups in total. The molecule has 3 aliphatic heterocycles. The highest BCUT2D eigenvalue weighted by molar-refractivity contribution is 6.35. The van der Waals surface area contributed by atoms with Crippen molar-refractivity contribution < 1.29 is 19.0 Å². The lowest BCUT2D eigenvalue weighted by Crippen LogP contribution is -2.37. The van der Waals surface area contributed by atoms with Crippen LogP contribution in [0.15, 0.2) is 30.0 Å². The number of nitrogens with zero attached hydrogens (tertiary/aromatic N) is 1. The first kappa shape index (κ1) is 19.9. The molecule has 1 fully saturated rings. The van der Waals surface area contributed by atoms with Crippen LogP contribution in [0.25, 0.3) is 6.08 Å². The number of fused-ring (bicyclic) bond motifs is 2. The van der Waals surface area contributed by atoms with E-state index in [9.17, 15) is 4.79 Å². The van der Waals surface area contributed by atoms with Crippen molar-refractivity contribution >= 4 is 35.1 Å². The Labute approximate surface area is 185 Å². The molecule has 2 aromatic rings. The fraction of sp³-hybridized carbons (Fsp3) is 0.348. The van der Waals surface area contributed by atoms with Crippen molar-refractivity contribution in [3.63, 3.8) is 0 Å². The largest absolute Gasteiger partial charge is 0.477 e. The Morgan fingerprint density at radius 1 is 1.23 bits per heavy atom. The quantitative estimate of drug-likeness (QED) is 0.603. The Hall–Kier alpha value is -2.05. The van der Waals surface area contributed by atoms with Gasteiger partial charge in [-0.2, -0.15) is 0 Å². The van der Waals surface area contributed by atoms with Gasteiger partial charge < -0.3 is 14.2 Å². The summed E-state index contributed by atoms with van der Waals surface area (Å²) in [7, 11) is 0. The van der Waals surface area contributed by atoms with Crippen molar-refractivity contribution in [2.24, 2.45) is 0 Å². The Kier molecular flexibility index (Phi) is 5.23. The SMILES string of the molecule is Cc1c2c(cc3c1O/C(=C\c1ccc(Cl)cc1Cl)C3=O)CN(CC1CCCO1)CO2. The fourth-order valence-electron chi connectivity index (χ4n) is 4.25. The summed E-state index contributed by atoms with van der Waals surface area (Å²) in [5.74, 6) is 1.45. The molecule has 1 unspecified atom stereocenters. The average molecular weight is 446 g/mol. The number of hydrogen-bond donors (Lipinski definition) is 0. The van der Waals surface area contributed by atoms with E-state index >= 15 is 0 Å². The van der Waals surface area contributed by atoms with E-state index in [1.165, 1.54) is 0 Å². The predicted molar refractivity (Wildman–Crippen MR) is 115 cm³/mol. The molecule has 3 aliphatic rings. The van der Waals surface area contributed by atoms with Gasteiger partial charge in [0.2, 0.25) is 5.78 Å². The third kappa shape index (κ3) is 3.60. The molecular weight excluding hydrogens is 425 g/mol. The third-order valence-corrected chi connectivity index (χ3v) is 6.30. The second-order valence-electron chi connectivity index (χ2n) is 7.89. The standard InChI is InChI=1S/C23H21Cl2NO4/c1-13-22-15(10-26(12-29-22)11-17-3-2-6-28-17)7-18-21(27)20(30-23(13)18)8-14-4-5-16(24)9-19(14)25/h4-5,7-9,17H,2-3,6,10-12H2,1H3/b20-8-. The van der Waals surface area contributed by atoms with E-state index in [0.29, 0.717) is 33.7 Å². The molecular formula is C23H21Cl2NO4. The van der Waals surface area contributed by atoms with Crippen LogP contribution in [0, 0.1) is 6.92 Å². The molecule has 7 heteroatoms. The van der Waals surface area contributed by atoms with Gasteiger partial charge in [0.25, 0.3) is 0 Å². The lowest BCUT2D eigenvalue weighted by molar-refractivity contribution is 0.0276. The molecule has 0 saturated carbocycles. The first-order valence-electron chi connectivity index (χ1n) is 10.0. The number of ketones is 1. The maximum absolute atomic E-state index is 13.0. The summed E-state index contributed by atoms with van der Waals surface area (Å²) in [5, 5.41) is 1.00. The second kappa shape index (κ2) is 7.89. The van der Waals surface area contributed by atoms with Crippen molar-refractivity contribution in [3.8, 4) is 11.5 Å². The van der Waals surface area contributed by atoms with Gasteiger partial charge in [0, 0.05) is 40.9 Å². The summed E-state index contributed by atoms with van der Waals surface area (Å²) >= 11 is 12.2. The Morgan fingerprint density at radius 2 is 2.10 bits per heavy atom. The number of benzene rings is 2. The minimum Gasteiger partial charge on any atom is -0.477 e. The highest BCUT2D eigenvalue weighted by Crippen LogP contribution is 2.43. The number of ether oxygens (including phenoxy) is 3. The molecule has 0 bridgehead atoms. The van der Waals surface area contributed by atoms with E-state index in [1.54, 1.807) is 24.3 Å². The van der Waals surface area contributed by atoms with E-state index in [0.717, 1.165) is 49.4 Å². The van der Waals surface area contributed by atoms with E-state index < -0.39 is 0 Å². The van der Waals surface area contributed by atoms with Gasteiger partial charge in [-0.3, -0.25) is 9.69 Å². The van der Waals surface area contributed by atoms with Gasteiger partial charge in [0.15, 0.2) is 5.76 Å². The van der Waals surface area contributed by atoms with E-state index in [4.69, 9.17) is 37.4 Å². The monoisotopic (exact) mass is 445 g/mol. The maximum Gasteiger partial charge on any atom is 0.231 e. The summed E-state index contributed by atoms with van der Waals surface area (Å²) in [6.45, 7) is 4.82. The number of carbonyl (C=O) groups excluding carboxylic acids is 1. The number of Topliss-reactive ketones (excluding diaryl/α,β-unsaturated/α-hetero) is 1. The topological polar surface area (TPSA) is 48.0 Å². The Balaban J connectivity index is 1.42. The van der Waals surface area contributed by atoms with Crippen LogP contribution < -0.4 is 9.47 Å². The first-order valence-corrected chi connectivity index (χ1v) is 10.8. The van der Waals surface area contributed by atoms with Crippen LogP contribution in [0.4, 0.5) is 0 Å². The minimum atomic E-state index is -0.154. The van der Waals surface area contributed by atoms with Gasteiger partial charge in [-0.15, -0.1) is 0 Å². The van der Waals surface area contributed by atoms with Crippen LogP contribution in [0.3, 0.4) is 0 Å². The number of allylic oxidation sites excluding steroid dienone is 1. The molecule has 30 heavy (non-hydrogen) atoms. The molecule has 3 heterocycles. The van der Waals surface area contributed by atoms with Gasteiger partial charge in [-0.05, 0) is 49.6 Å². The van der Waals surface area contributed by atoms with Crippen LogP contribution >= 0.6 is 23.2 Å². The van der Waals surface area contributed by atoms with Crippen LogP contribution in [0.1, 0.15) is 39.9 Å². The van der Waals surface area contributed by atoms with Gasteiger partial charge in [0.05, 0.1) is 11.7 Å². The van der Waals surface area contributed by atoms with Gasteiger partial charge in [0.1, 0.15) is 18.2 Å². The van der Waals surface area contributed by atoms with Crippen molar-refractivity contribution in [1.29, 1.82) is 0 Å². The molecule has 5 nitrogen and oxygen atoms in total. The minimum absolute atomic E-state index is 0.154. The molecule has 2 aromatic carbocycles. The van der Waals surface area contributed by atoms with E-state index in [2.05, 4.69) is 4.90 Å². The number of carbonyl (C=O) groups is 1. The van der Waals surface area contributed by atoms with Gasteiger partial charge in [-0.1, -0.05) is 29.3 Å². The van der Waals surface area contributed by atoms with Gasteiger partial charge in [-0.25, -0.2) is 0 Å². The summed E-state index contributed by atoms with van der Waals surface area (Å²) in [6.07, 6.45) is 4.11. The van der Waals surface area contributed by atoms with Crippen molar-refractivity contribution in [2.75, 3.05) is 19.9 Å². The van der Waals surface area contributed by atoms with E-state index in [1.807, 2.05) is 13.0 Å². The predicted octanol–water partition coefficient (Wildman–Crippen LogP) is 5.25. The molecule has 156 valence electrons. The molecule has 1 saturated heterocycles. The Morgan fingerprint density at radius 3 is 2.87 bits per heavy atom. The summed E-state index contributed by atoms with van der Waals surface area (Å²) in [5.41, 5.74) is 3.08. The molecule has 1 atom stereocenters. The van der Waals surface area contributed by atoms with Crippen LogP contribution in [0.5, 0.6) is 11.5 Å². The molecule has 0 aliphatic carbocycles. The second-order valence-corrected chi connectivity index (χ2v) is 8.74. The highest BCUT2D eigenvalue weighted by atomic mass is 35.5. The van der Waals surface area contributed by atoms with Crippen LogP contribution in [-0.2, 0) is 11.3 Å². The molecule has 0 aromatic heterocycles. The summed E-state index contributed by atoms with van der Waals surface area (Å²) in [4.78, 5) is 15.3. The number of rotatable bonds is 3. The van der Waals surface area contributed by atoms with Gasteiger partial charge >= 0.3 is 0 Å². The molecule has 0 radical (unpaired) electrons. The zero-order chi connectivity index (χ0) is 20.8. The first-order chi connectivity index (χ1) is 14.5. The number of hydrogen-bond acceptors (Lipinski definition) is 5. The van der Waals surface area contributed by atoms with Crippen LogP contribution in [0.2, 0.25) is 10.0 Å². The fourth-order valence-corrected chi connectivity index (χ4v) is 4.71. The average Bonchev–Trinajstić information content (AvgIpc) is 3.33. The molecule has 0 spiro atoms. The number of halogens is 2. The third-order valence-electron chi connectivity index (χ3n) is 5.74. The lowest BCUT2D eigenvalue weighted by atomic mass is 10.00. The van der Waals surface area contributed by atoms with Crippen molar-refractivity contribution in [2.45, 2.75) is 32.4 Å². The smallest absolute Gasteiger partial charge is 0.231 e. The van der Waals surface area contributed by atoms with Crippen LogP contribution in [-0.4, -0.2) is 36.7 Å². The lowest BCUT2D eigenvalue weighted by Gasteiger charge is -2.31. The molecule has 5 rings (SSSR count). The zero-order valence-corrected chi connectivity index (χ0v) is 18.1.